The van der Waals surface area contributed by atoms with Crippen LogP contribution in [0.3, 0.4) is 0 Å². The molecule has 2 aromatic carbocycles. The van der Waals surface area contributed by atoms with E-state index in [9.17, 15) is 23.7 Å². The first-order chi connectivity index (χ1) is 19.1. The Kier molecular flexibility index (Phi) is 8.34. The normalized spacial score (nSPS) is 12.4. The molecule has 4 aromatic rings. The number of carbonyl (C=O) groups excluding carboxylic acids is 1. The highest BCUT2D eigenvalue weighted by atomic mass is 32.2. The van der Waals surface area contributed by atoms with Crippen molar-refractivity contribution >= 4 is 39.3 Å². The maximum absolute atomic E-state index is 15.1. The molecule has 2 aromatic heterocycles. The number of aromatic amines is 2. The van der Waals surface area contributed by atoms with Crippen molar-refractivity contribution in [2.45, 2.75) is 31.5 Å². The number of fused-ring (bicyclic) bond motifs is 1. The first kappa shape index (κ1) is 28.1. The van der Waals surface area contributed by atoms with Crippen LogP contribution in [-0.2, 0) is 22.1 Å². The summed E-state index contributed by atoms with van der Waals surface area (Å²) in [6, 6.07) is 5.74. The summed E-state index contributed by atoms with van der Waals surface area (Å²) in [5, 5.41) is 21.5. The fourth-order valence-corrected chi connectivity index (χ4v) is 5.02. The van der Waals surface area contributed by atoms with Crippen molar-refractivity contribution in [3.8, 4) is 12.3 Å². The Morgan fingerprint density at radius 2 is 2.05 bits per heavy atom. The Balaban J connectivity index is 1.55. The molecule has 2 unspecified atom stereocenters. The molecular weight excluding hydrogens is 541 g/mol. The van der Waals surface area contributed by atoms with Crippen LogP contribution in [0, 0.1) is 32.0 Å². The van der Waals surface area contributed by atoms with Gasteiger partial charge < -0.3 is 20.3 Å². The Bertz CT molecular complexity index is 1720. The zero-order valence-corrected chi connectivity index (χ0v) is 22.2. The Morgan fingerprint density at radius 3 is 2.70 bits per heavy atom. The van der Waals surface area contributed by atoms with Crippen molar-refractivity contribution in [2.24, 2.45) is 0 Å². The summed E-state index contributed by atoms with van der Waals surface area (Å²) in [5.74, 6) is -0.827. The van der Waals surface area contributed by atoms with Crippen molar-refractivity contribution in [2.75, 3.05) is 17.2 Å². The Labute approximate surface area is 229 Å². The molecule has 0 saturated heterocycles. The predicted octanol–water partition coefficient (Wildman–Crippen LogP) is 1.43. The SMILES string of the molecule is C#CCN(Cc1cc2c(=O)[nH]c(C)nc2cc1C)c1ccc(C(=O)NC(CS(=O)c2cn[nH]n2)C(=O)O)c(F)c1. The number of aromatic nitrogens is 5. The fraction of sp³-hybridized carbons (Fsp3) is 0.231. The van der Waals surface area contributed by atoms with E-state index in [2.05, 4.69) is 36.6 Å². The summed E-state index contributed by atoms with van der Waals surface area (Å²) in [4.78, 5) is 45.6. The summed E-state index contributed by atoms with van der Waals surface area (Å²) in [7, 11) is -1.87. The van der Waals surface area contributed by atoms with E-state index in [1.807, 2.05) is 6.92 Å². The number of rotatable bonds is 10. The Hall–Kier alpha value is -4.90. The van der Waals surface area contributed by atoms with E-state index < -0.39 is 45.9 Å². The van der Waals surface area contributed by atoms with Crippen LogP contribution in [0.1, 0.15) is 27.3 Å². The molecule has 0 bridgehead atoms. The summed E-state index contributed by atoms with van der Waals surface area (Å²) in [6.07, 6.45) is 6.73. The van der Waals surface area contributed by atoms with Crippen LogP contribution in [0.2, 0.25) is 0 Å². The number of amides is 1. The highest BCUT2D eigenvalue weighted by molar-refractivity contribution is 7.85. The van der Waals surface area contributed by atoms with Gasteiger partial charge in [0.1, 0.15) is 17.7 Å². The fourth-order valence-electron chi connectivity index (χ4n) is 4.01. The van der Waals surface area contributed by atoms with E-state index in [-0.39, 0.29) is 23.7 Å². The van der Waals surface area contributed by atoms with E-state index in [1.165, 1.54) is 18.3 Å². The van der Waals surface area contributed by atoms with Crippen molar-refractivity contribution in [3.63, 3.8) is 0 Å². The van der Waals surface area contributed by atoms with Crippen molar-refractivity contribution in [3.05, 3.63) is 75.2 Å². The molecule has 0 saturated carbocycles. The van der Waals surface area contributed by atoms with Gasteiger partial charge in [0.05, 0.1) is 45.8 Å². The van der Waals surface area contributed by atoms with Crippen LogP contribution < -0.4 is 15.8 Å². The number of aryl methyl sites for hydroxylation is 2. The number of carbonyl (C=O) groups is 2. The van der Waals surface area contributed by atoms with Gasteiger partial charge in [-0.05, 0) is 55.3 Å². The lowest BCUT2D eigenvalue weighted by Gasteiger charge is -2.24. The van der Waals surface area contributed by atoms with E-state index >= 15 is 4.39 Å². The number of nitrogens with zero attached hydrogens (tertiary/aromatic N) is 4. The van der Waals surface area contributed by atoms with Gasteiger partial charge in [0.25, 0.3) is 11.5 Å². The Morgan fingerprint density at radius 1 is 1.27 bits per heavy atom. The second-order valence-corrected chi connectivity index (χ2v) is 10.3. The van der Waals surface area contributed by atoms with Crippen LogP contribution in [0.5, 0.6) is 0 Å². The number of nitrogens with one attached hydrogen (secondary N) is 3. The molecule has 1 amide bonds. The topological polar surface area (TPSA) is 174 Å². The van der Waals surface area contributed by atoms with Gasteiger partial charge in [-0.25, -0.2) is 14.2 Å². The molecule has 0 aliphatic rings. The molecule has 0 fully saturated rings. The second kappa shape index (κ2) is 11.9. The highest BCUT2D eigenvalue weighted by Gasteiger charge is 2.26. The highest BCUT2D eigenvalue weighted by Crippen LogP contribution is 2.24. The van der Waals surface area contributed by atoms with Gasteiger partial charge in [-0.2, -0.15) is 10.3 Å². The molecule has 14 heteroatoms. The predicted molar refractivity (Wildman–Crippen MR) is 145 cm³/mol. The van der Waals surface area contributed by atoms with Crippen molar-refractivity contribution in [1.29, 1.82) is 0 Å². The minimum atomic E-state index is -1.87. The lowest BCUT2D eigenvalue weighted by atomic mass is 10.0. The smallest absolute Gasteiger partial charge is 0.327 e. The average molecular weight is 566 g/mol. The van der Waals surface area contributed by atoms with Crippen molar-refractivity contribution < 1.29 is 23.3 Å². The third kappa shape index (κ3) is 6.21. The number of H-pyrrole nitrogens is 2. The van der Waals surface area contributed by atoms with Crippen LogP contribution in [0.4, 0.5) is 10.1 Å². The summed E-state index contributed by atoms with van der Waals surface area (Å²) in [5.41, 5.74) is 1.86. The number of carboxylic acids is 1. The van der Waals surface area contributed by atoms with Crippen LogP contribution >= 0.6 is 0 Å². The number of benzene rings is 2. The zero-order valence-electron chi connectivity index (χ0n) is 21.4. The number of anilines is 1. The molecular formula is C26H24FN7O5S. The number of hydrogen-bond acceptors (Lipinski definition) is 8. The van der Waals surface area contributed by atoms with E-state index in [4.69, 9.17) is 6.42 Å². The molecule has 0 aliphatic heterocycles. The molecule has 2 heterocycles. The molecule has 4 N–H and O–H groups in total. The number of carboxylic acid groups (broad SMARTS) is 1. The molecule has 40 heavy (non-hydrogen) atoms. The van der Waals surface area contributed by atoms with Crippen LogP contribution in [0.25, 0.3) is 10.9 Å². The van der Waals surface area contributed by atoms with Gasteiger partial charge in [0.2, 0.25) is 0 Å². The van der Waals surface area contributed by atoms with Gasteiger partial charge in [-0.15, -0.1) is 11.5 Å². The van der Waals surface area contributed by atoms with Crippen LogP contribution in [-0.4, -0.2) is 64.9 Å². The standard InChI is InChI=1S/C26H24FN7O5S/c1-4-7-34(12-16-9-19-21(8-14(16)2)29-15(3)30-25(19)36)17-5-6-18(20(27)10-17)24(35)31-22(26(37)38)13-40(39)23-11-28-33-32-23/h1,5-6,8-11,22H,7,12-13H2,2-3H3,(H,31,35)(H,37,38)(H,28,32,33)(H,29,30,36). The van der Waals surface area contributed by atoms with Gasteiger partial charge >= 0.3 is 5.97 Å². The monoisotopic (exact) mass is 565 g/mol. The lowest BCUT2D eigenvalue weighted by Crippen LogP contribution is -2.44. The van der Waals surface area contributed by atoms with Gasteiger partial charge in [-0.3, -0.25) is 13.8 Å². The molecule has 12 nitrogen and oxygen atoms in total. The minimum absolute atomic E-state index is 0.0160. The number of aliphatic carboxylic acids is 1. The molecule has 0 spiro atoms. The summed E-state index contributed by atoms with van der Waals surface area (Å²) < 4.78 is 27.5. The van der Waals surface area contributed by atoms with E-state index in [0.717, 1.165) is 17.2 Å². The molecule has 2 atom stereocenters. The molecule has 0 aliphatic carbocycles. The quantitative estimate of drug-likeness (QED) is 0.207. The number of terminal acetylenes is 1. The van der Waals surface area contributed by atoms with Gasteiger partial charge in [0.15, 0.2) is 5.03 Å². The first-order valence-corrected chi connectivity index (χ1v) is 13.1. The minimum Gasteiger partial charge on any atom is -0.480 e. The van der Waals surface area contributed by atoms with E-state index in [0.29, 0.717) is 22.4 Å². The maximum Gasteiger partial charge on any atom is 0.327 e. The van der Waals surface area contributed by atoms with Crippen LogP contribution in [0.15, 0.2) is 46.3 Å². The van der Waals surface area contributed by atoms with E-state index in [1.54, 1.807) is 24.0 Å². The lowest BCUT2D eigenvalue weighted by molar-refractivity contribution is -0.138. The number of halogens is 1. The zero-order chi connectivity index (χ0) is 29.0. The third-order valence-electron chi connectivity index (χ3n) is 6.03. The molecule has 206 valence electrons. The summed E-state index contributed by atoms with van der Waals surface area (Å²) in [6.45, 7) is 3.89. The molecule has 4 rings (SSSR count). The first-order valence-electron chi connectivity index (χ1n) is 11.8. The van der Waals surface area contributed by atoms with Crippen molar-refractivity contribution in [1.82, 2.24) is 30.7 Å². The average Bonchev–Trinajstić information content (AvgIpc) is 3.43. The number of hydrogen-bond donors (Lipinski definition) is 4. The third-order valence-corrected chi connectivity index (χ3v) is 7.33. The van der Waals surface area contributed by atoms with Gasteiger partial charge in [0, 0.05) is 12.2 Å². The second-order valence-electron chi connectivity index (χ2n) is 8.86. The maximum atomic E-state index is 15.1. The van der Waals surface area contributed by atoms with Gasteiger partial charge in [-0.1, -0.05) is 5.92 Å². The summed E-state index contributed by atoms with van der Waals surface area (Å²) >= 11 is 0. The molecule has 0 radical (unpaired) electrons. The largest absolute Gasteiger partial charge is 0.480 e.